The number of hydrogen-bond acceptors (Lipinski definition) is 2. The van der Waals surface area contributed by atoms with Gasteiger partial charge in [-0.05, 0) is 31.4 Å². The normalized spacial score (nSPS) is 27.8. The Bertz CT molecular complexity index is 260. The van der Waals surface area contributed by atoms with Gasteiger partial charge < -0.3 is 4.74 Å². The van der Waals surface area contributed by atoms with E-state index >= 15 is 0 Å². The highest BCUT2D eigenvalue weighted by atomic mass is 16.5. The topological polar surface area (TPSA) is 22.1 Å². The number of pyridine rings is 1. The average Bonchev–Trinajstić information content (AvgIpc) is 2.67. The molecule has 1 aromatic rings. The summed E-state index contributed by atoms with van der Waals surface area (Å²) in [5.74, 6) is 0. The van der Waals surface area contributed by atoms with E-state index in [0.717, 1.165) is 18.5 Å². The Morgan fingerprint density at radius 3 is 3.00 bits per heavy atom. The molecule has 13 heavy (non-hydrogen) atoms. The third kappa shape index (κ3) is 1.89. The Morgan fingerprint density at radius 1 is 1.46 bits per heavy atom. The first-order valence-corrected chi connectivity index (χ1v) is 4.96. The second-order valence-corrected chi connectivity index (χ2v) is 3.49. The van der Waals surface area contributed by atoms with Gasteiger partial charge in [-0.1, -0.05) is 13.0 Å². The van der Waals surface area contributed by atoms with Gasteiger partial charge in [-0.2, -0.15) is 0 Å². The van der Waals surface area contributed by atoms with Gasteiger partial charge in [0.15, 0.2) is 0 Å². The molecule has 0 bridgehead atoms. The van der Waals surface area contributed by atoms with E-state index in [9.17, 15) is 0 Å². The van der Waals surface area contributed by atoms with Crippen LogP contribution < -0.4 is 0 Å². The van der Waals surface area contributed by atoms with Crippen molar-refractivity contribution in [1.29, 1.82) is 0 Å². The summed E-state index contributed by atoms with van der Waals surface area (Å²) in [4.78, 5) is 4.30. The van der Waals surface area contributed by atoms with Crippen molar-refractivity contribution >= 4 is 0 Å². The smallest absolute Gasteiger partial charge is 0.0999 e. The van der Waals surface area contributed by atoms with Crippen LogP contribution in [0.25, 0.3) is 0 Å². The maximum Gasteiger partial charge on any atom is 0.0999 e. The number of aromatic nitrogens is 1. The van der Waals surface area contributed by atoms with Gasteiger partial charge in [0.1, 0.15) is 0 Å². The summed E-state index contributed by atoms with van der Waals surface area (Å²) < 4.78 is 5.83. The highest BCUT2D eigenvalue weighted by Crippen LogP contribution is 2.32. The minimum absolute atomic E-state index is 0.242. The van der Waals surface area contributed by atoms with Gasteiger partial charge >= 0.3 is 0 Å². The van der Waals surface area contributed by atoms with Crippen molar-refractivity contribution < 1.29 is 4.74 Å². The molecule has 0 aromatic carbocycles. The van der Waals surface area contributed by atoms with E-state index in [1.165, 1.54) is 6.42 Å². The quantitative estimate of drug-likeness (QED) is 0.693. The van der Waals surface area contributed by atoms with Gasteiger partial charge in [-0.15, -0.1) is 0 Å². The monoisotopic (exact) mass is 177 g/mol. The Kier molecular flexibility index (Phi) is 2.60. The van der Waals surface area contributed by atoms with Gasteiger partial charge in [0.05, 0.1) is 17.9 Å². The molecule has 1 aromatic heterocycles. The molecule has 2 atom stereocenters. The third-order valence-corrected chi connectivity index (χ3v) is 2.58. The lowest BCUT2D eigenvalue weighted by molar-refractivity contribution is 0.0405. The Balaban J connectivity index is 2.04. The van der Waals surface area contributed by atoms with Crippen molar-refractivity contribution in [3.8, 4) is 0 Å². The fourth-order valence-corrected chi connectivity index (χ4v) is 1.79. The Hall–Kier alpha value is -0.890. The van der Waals surface area contributed by atoms with E-state index in [-0.39, 0.29) is 6.10 Å². The van der Waals surface area contributed by atoms with Crippen LogP contribution in [0.3, 0.4) is 0 Å². The summed E-state index contributed by atoms with van der Waals surface area (Å²) in [6.07, 6.45) is 5.94. The van der Waals surface area contributed by atoms with Crippen LogP contribution >= 0.6 is 0 Å². The lowest BCUT2D eigenvalue weighted by Gasteiger charge is -2.11. The highest BCUT2D eigenvalue weighted by Gasteiger charge is 2.25. The zero-order chi connectivity index (χ0) is 9.10. The van der Waals surface area contributed by atoms with Crippen molar-refractivity contribution in [3.63, 3.8) is 0 Å². The Labute approximate surface area is 78.9 Å². The van der Waals surface area contributed by atoms with E-state index < -0.39 is 0 Å². The van der Waals surface area contributed by atoms with Crippen molar-refractivity contribution in [2.45, 2.75) is 38.4 Å². The third-order valence-electron chi connectivity index (χ3n) is 2.58. The van der Waals surface area contributed by atoms with Crippen molar-refractivity contribution in [3.05, 3.63) is 30.1 Å². The predicted molar refractivity (Wildman–Crippen MR) is 51.4 cm³/mol. The molecule has 70 valence electrons. The van der Waals surface area contributed by atoms with E-state index in [4.69, 9.17) is 4.74 Å². The van der Waals surface area contributed by atoms with Crippen LogP contribution in [-0.4, -0.2) is 11.1 Å². The zero-order valence-corrected chi connectivity index (χ0v) is 7.94. The van der Waals surface area contributed by atoms with Gasteiger partial charge in [0.25, 0.3) is 0 Å². The molecule has 0 radical (unpaired) electrons. The van der Waals surface area contributed by atoms with Crippen LogP contribution in [-0.2, 0) is 4.74 Å². The van der Waals surface area contributed by atoms with E-state index in [2.05, 4.69) is 11.9 Å². The van der Waals surface area contributed by atoms with E-state index in [1.807, 2.05) is 24.4 Å². The average molecular weight is 177 g/mol. The summed E-state index contributed by atoms with van der Waals surface area (Å²) in [7, 11) is 0. The van der Waals surface area contributed by atoms with Crippen LogP contribution in [0.5, 0.6) is 0 Å². The molecule has 1 fully saturated rings. The summed E-state index contributed by atoms with van der Waals surface area (Å²) in [5.41, 5.74) is 1.08. The zero-order valence-electron chi connectivity index (χ0n) is 7.94. The van der Waals surface area contributed by atoms with Crippen LogP contribution in [0, 0.1) is 0 Å². The fraction of sp³-hybridized carbons (Fsp3) is 0.545. The number of ether oxygens (including phenoxy) is 1. The van der Waals surface area contributed by atoms with Gasteiger partial charge in [0, 0.05) is 6.20 Å². The molecule has 0 amide bonds. The maximum absolute atomic E-state index is 5.83. The van der Waals surface area contributed by atoms with Gasteiger partial charge in [-0.25, -0.2) is 0 Å². The first-order valence-electron chi connectivity index (χ1n) is 4.96. The summed E-state index contributed by atoms with van der Waals surface area (Å²) in [6.45, 7) is 2.17. The lowest BCUT2D eigenvalue weighted by Crippen LogP contribution is -2.05. The summed E-state index contributed by atoms with van der Waals surface area (Å²) >= 11 is 0. The van der Waals surface area contributed by atoms with Crippen LogP contribution in [0.2, 0.25) is 0 Å². The summed E-state index contributed by atoms with van der Waals surface area (Å²) in [6, 6.07) is 6.00. The molecule has 1 saturated heterocycles. The molecule has 2 heterocycles. The predicted octanol–water partition coefficient (Wildman–Crippen LogP) is 2.71. The second-order valence-electron chi connectivity index (χ2n) is 3.49. The van der Waals surface area contributed by atoms with Crippen molar-refractivity contribution in [2.75, 3.05) is 0 Å². The molecule has 0 saturated carbocycles. The lowest BCUT2D eigenvalue weighted by atomic mass is 10.1. The molecule has 2 unspecified atom stereocenters. The molecule has 0 spiro atoms. The first-order chi connectivity index (χ1) is 6.40. The van der Waals surface area contributed by atoms with Crippen LogP contribution in [0.4, 0.5) is 0 Å². The molecule has 2 rings (SSSR count). The van der Waals surface area contributed by atoms with Gasteiger partial charge in [-0.3, -0.25) is 4.98 Å². The standard InChI is InChI=1S/C11H15NO/c1-2-9-6-7-11(13-9)10-5-3-4-8-12-10/h3-5,8-9,11H,2,6-7H2,1H3. The number of hydrogen-bond donors (Lipinski definition) is 0. The minimum Gasteiger partial charge on any atom is -0.369 e. The number of nitrogens with zero attached hydrogens (tertiary/aromatic N) is 1. The molecular formula is C11H15NO. The maximum atomic E-state index is 5.83. The minimum atomic E-state index is 0.242. The van der Waals surface area contributed by atoms with E-state index in [1.54, 1.807) is 0 Å². The van der Waals surface area contributed by atoms with Crippen molar-refractivity contribution in [2.24, 2.45) is 0 Å². The fourth-order valence-electron chi connectivity index (χ4n) is 1.79. The molecule has 1 aliphatic rings. The molecule has 0 aliphatic carbocycles. The molecule has 2 heteroatoms. The SMILES string of the molecule is CCC1CCC(c2ccccn2)O1. The first kappa shape index (κ1) is 8.70. The molecule has 0 N–H and O–H groups in total. The summed E-state index contributed by atoms with van der Waals surface area (Å²) in [5, 5.41) is 0. The van der Waals surface area contributed by atoms with Crippen LogP contribution in [0.1, 0.15) is 38.0 Å². The van der Waals surface area contributed by atoms with Gasteiger partial charge in [0.2, 0.25) is 0 Å². The van der Waals surface area contributed by atoms with Crippen LogP contribution in [0.15, 0.2) is 24.4 Å². The second kappa shape index (κ2) is 3.88. The molecule has 2 nitrogen and oxygen atoms in total. The molecular weight excluding hydrogens is 162 g/mol. The Morgan fingerprint density at radius 2 is 2.38 bits per heavy atom. The van der Waals surface area contributed by atoms with E-state index in [0.29, 0.717) is 6.10 Å². The molecule has 1 aliphatic heterocycles. The number of rotatable bonds is 2. The largest absolute Gasteiger partial charge is 0.369 e. The highest BCUT2D eigenvalue weighted by molar-refractivity contribution is 5.08. The van der Waals surface area contributed by atoms with Crippen molar-refractivity contribution in [1.82, 2.24) is 4.98 Å².